The maximum atomic E-state index is 12.3. The molecule has 1 saturated heterocycles. The SMILES string of the molecule is CNCc1ccc(Br)c(S(=O)(=O)NCC2CCCO2)c1. The predicted octanol–water partition coefficient (Wildman–Crippen LogP) is 1.63. The smallest absolute Gasteiger partial charge is 0.241 e. The van der Waals surface area contributed by atoms with E-state index >= 15 is 0 Å². The van der Waals surface area contributed by atoms with Crippen molar-refractivity contribution < 1.29 is 13.2 Å². The zero-order chi connectivity index (χ0) is 14.6. The van der Waals surface area contributed by atoms with E-state index in [9.17, 15) is 8.42 Å². The molecule has 0 aromatic heterocycles. The zero-order valence-electron chi connectivity index (χ0n) is 11.4. The van der Waals surface area contributed by atoms with Crippen LogP contribution in [0, 0.1) is 0 Å². The van der Waals surface area contributed by atoms with Crippen molar-refractivity contribution in [1.82, 2.24) is 10.0 Å². The molecule has 0 amide bonds. The van der Waals surface area contributed by atoms with Crippen molar-refractivity contribution in [3.05, 3.63) is 28.2 Å². The molecule has 7 heteroatoms. The van der Waals surface area contributed by atoms with Gasteiger partial charge in [-0.15, -0.1) is 0 Å². The molecule has 2 rings (SSSR count). The molecule has 0 spiro atoms. The van der Waals surface area contributed by atoms with E-state index in [0.717, 1.165) is 18.4 Å². The first kappa shape index (κ1) is 15.9. The van der Waals surface area contributed by atoms with E-state index in [1.165, 1.54) is 0 Å². The highest BCUT2D eigenvalue weighted by atomic mass is 79.9. The van der Waals surface area contributed by atoms with E-state index in [-0.39, 0.29) is 11.0 Å². The van der Waals surface area contributed by atoms with Crippen LogP contribution in [0.4, 0.5) is 0 Å². The van der Waals surface area contributed by atoms with Gasteiger partial charge in [0.25, 0.3) is 0 Å². The van der Waals surface area contributed by atoms with Gasteiger partial charge in [0, 0.05) is 24.2 Å². The normalized spacial score (nSPS) is 19.4. The Hall–Kier alpha value is -0.470. The summed E-state index contributed by atoms with van der Waals surface area (Å²) in [5, 5.41) is 3.01. The zero-order valence-corrected chi connectivity index (χ0v) is 13.8. The number of hydrogen-bond acceptors (Lipinski definition) is 4. The van der Waals surface area contributed by atoms with Crippen LogP contribution in [-0.4, -0.2) is 34.7 Å². The molecule has 0 saturated carbocycles. The largest absolute Gasteiger partial charge is 0.377 e. The van der Waals surface area contributed by atoms with E-state index in [2.05, 4.69) is 26.0 Å². The number of benzene rings is 1. The monoisotopic (exact) mass is 362 g/mol. The minimum atomic E-state index is -3.52. The Morgan fingerprint density at radius 3 is 2.90 bits per heavy atom. The number of hydrogen-bond donors (Lipinski definition) is 2. The van der Waals surface area contributed by atoms with Gasteiger partial charge in [-0.25, -0.2) is 13.1 Å². The maximum absolute atomic E-state index is 12.3. The van der Waals surface area contributed by atoms with Crippen LogP contribution < -0.4 is 10.0 Å². The van der Waals surface area contributed by atoms with Crippen molar-refractivity contribution in [1.29, 1.82) is 0 Å². The summed E-state index contributed by atoms with van der Waals surface area (Å²) in [5.41, 5.74) is 0.924. The molecule has 5 nitrogen and oxygen atoms in total. The Morgan fingerprint density at radius 1 is 1.45 bits per heavy atom. The molecule has 1 aromatic rings. The van der Waals surface area contributed by atoms with Crippen molar-refractivity contribution in [3.63, 3.8) is 0 Å². The van der Waals surface area contributed by atoms with Crippen LogP contribution >= 0.6 is 15.9 Å². The van der Waals surface area contributed by atoms with Gasteiger partial charge in [-0.1, -0.05) is 6.07 Å². The van der Waals surface area contributed by atoms with Gasteiger partial charge in [0.05, 0.1) is 11.0 Å². The van der Waals surface area contributed by atoms with Gasteiger partial charge in [-0.2, -0.15) is 0 Å². The van der Waals surface area contributed by atoms with Crippen LogP contribution in [0.25, 0.3) is 0 Å². The molecular formula is C13H19BrN2O3S. The second-order valence-corrected chi connectivity index (χ2v) is 7.37. The topological polar surface area (TPSA) is 67.4 Å². The first-order valence-electron chi connectivity index (χ1n) is 6.57. The highest BCUT2D eigenvalue weighted by molar-refractivity contribution is 9.10. The lowest BCUT2D eigenvalue weighted by Gasteiger charge is -2.13. The number of ether oxygens (including phenoxy) is 1. The van der Waals surface area contributed by atoms with Gasteiger partial charge < -0.3 is 10.1 Å². The van der Waals surface area contributed by atoms with E-state index in [1.807, 2.05) is 13.1 Å². The average Bonchev–Trinajstić information content (AvgIpc) is 2.92. The van der Waals surface area contributed by atoms with Gasteiger partial charge in [-0.3, -0.25) is 0 Å². The molecule has 0 aliphatic carbocycles. The quantitative estimate of drug-likeness (QED) is 0.806. The maximum Gasteiger partial charge on any atom is 0.241 e. The number of nitrogens with one attached hydrogen (secondary N) is 2. The third kappa shape index (κ3) is 4.02. The Labute approximate surface area is 128 Å². The minimum Gasteiger partial charge on any atom is -0.377 e. The summed E-state index contributed by atoms with van der Waals surface area (Å²) >= 11 is 3.30. The molecule has 1 atom stereocenters. The summed E-state index contributed by atoms with van der Waals surface area (Å²) in [4.78, 5) is 0.267. The Balaban J connectivity index is 2.12. The summed E-state index contributed by atoms with van der Waals surface area (Å²) in [6.07, 6.45) is 1.89. The lowest BCUT2D eigenvalue weighted by atomic mass is 10.2. The average molecular weight is 363 g/mol. The number of rotatable bonds is 6. The molecule has 1 aromatic carbocycles. The van der Waals surface area contributed by atoms with E-state index < -0.39 is 10.0 Å². The fourth-order valence-electron chi connectivity index (χ4n) is 2.15. The van der Waals surface area contributed by atoms with Crippen molar-refractivity contribution >= 4 is 26.0 Å². The number of halogens is 1. The summed E-state index contributed by atoms with van der Waals surface area (Å²) in [7, 11) is -1.70. The molecule has 1 unspecified atom stereocenters. The fourth-order valence-corrected chi connectivity index (χ4v) is 4.23. The summed E-state index contributed by atoms with van der Waals surface area (Å²) < 4.78 is 33.3. The van der Waals surface area contributed by atoms with Crippen molar-refractivity contribution in [2.45, 2.75) is 30.4 Å². The van der Waals surface area contributed by atoms with Crippen LogP contribution in [0.3, 0.4) is 0 Å². The van der Waals surface area contributed by atoms with Crippen LogP contribution in [-0.2, 0) is 21.3 Å². The summed E-state index contributed by atoms with van der Waals surface area (Å²) in [5.74, 6) is 0. The molecule has 1 heterocycles. The first-order chi connectivity index (χ1) is 9.53. The standard InChI is InChI=1S/C13H19BrN2O3S/c1-15-8-10-4-5-12(14)13(7-10)20(17,18)16-9-11-3-2-6-19-11/h4-5,7,11,15-16H,2-3,6,8-9H2,1H3. The minimum absolute atomic E-state index is 0.0101. The molecule has 1 fully saturated rings. The highest BCUT2D eigenvalue weighted by Gasteiger charge is 2.22. The molecule has 0 radical (unpaired) electrons. The van der Waals surface area contributed by atoms with Gasteiger partial charge >= 0.3 is 0 Å². The first-order valence-corrected chi connectivity index (χ1v) is 8.85. The third-order valence-electron chi connectivity index (χ3n) is 3.19. The van der Waals surface area contributed by atoms with Crippen molar-refractivity contribution in [3.8, 4) is 0 Å². The Bertz CT molecular complexity index is 557. The highest BCUT2D eigenvalue weighted by Crippen LogP contribution is 2.23. The van der Waals surface area contributed by atoms with Gasteiger partial charge in [-0.05, 0) is 53.5 Å². The Morgan fingerprint density at radius 2 is 2.25 bits per heavy atom. The molecular weight excluding hydrogens is 344 g/mol. The number of sulfonamides is 1. The second kappa shape index (κ2) is 7.00. The lowest BCUT2D eigenvalue weighted by molar-refractivity contribution is 0.114. The van der Waals surface area contributed by atoms with Gasteiger partial charge in [0.1, 0.15) is 0 Å². The van der Waals surface area contributed by atoms with E-state index in [1.54, 1.807) is 12.1 Å². The lowest BCUT2D eigenvalue weighted by Crippen LogP contribution is -2.32. The molecule has 20 heavy (non-hydrogen) atoms. The Kier molecular flexibility index (Phi) is 5.57. The van der Waals surface area contributed by atoms with Crippen molar-refractivity contribution in [2.75, 3.05) is 20.2 Å². The summed E-state index contributed by atoms with van der Waals surface area (Å²) in [6, 6.07) is 5.32. The predicted molar refractivity (Wildman–Crippen MR) is 81.1 cm³/mol. The van der Waals surface area contributed by atoms with E-state index in [4.69, 9.17) is 4.74 Å². The molecule has 1 aliphatic heterocycles. The van der Waals surface area contributed by atoms with Gasteiger partial charge in [0.2, 0.25) is 10.0 Å². The second-order valence-electron chi connectivity index (χ2n) is 4.78. The van der Waals surface area contributed by atoms with Crippen LogP contribution in [0.15, 0.2) is 27.6 Å². The molecule has 2 N–H and O–H groups in total. The molecule has 0 bridgehead atoms. The van der Waals surface area contributed by atoms with Crippen LogP contribution in [0.5, 0.6) is 0 Å². The van der Waals surface area contributed by atoms with Crippen LogP contribution in [0.1, 0.15) is 18.4 Å². The van der Waals surface area contributed by atoms with Crippen molar-refractivity contribution in [2.24, 2.45) is 0 Å². The third-order valence-corrected chi connectivity index (χ3v) is 5.61. The molecule has 112 valence electrons. The van der Waals surface area contributed by atoms with Crippen LogP contribution in [0.2, 0.25) is 0 Å². The van der Waals surface area contributed by atoms with E-state index in [0.29, 0.717) is 24.2 Å². The van der Waals surface area contributed by atoms with Gasteiger partial charge in [0.15, 0.2) is 0 Å². The summed E-state index contributed by atoms with van der Waals surface area (Å²) in [6.45, 7) is 1.67. The fraction of sp³-hybridized carbons (Fsp3) is 0.538. The molecule has 1 aliphatic rings.